The third-order valence-electron chi connectivity index (χ3n) is 6.85. The summed E-state index contributed by atoms with van der Waals surface area (Å²) in [6.45, 7) is 10.3. The van der Waals surface area contributed by atoms with Crippen molar-refractivity contribution in [1.29, 1.82) is 0 Å². The Morgan fingerprint density at radius 3 is 2.42 bits per heavy atom. The molecule has 36 heavy (non-hydrogen) atoms. The summed E-state index contributed by atoms with van der Waals surface area (Å²) < 4.78 is 19.0. The predicted molar refractivity (Wildman–Crippen MR) is 137 cm³/mol. The van der Waals surface area contributed by atoms with Crippen molar-refractivity contribution in [3.8, 4) is 17.1 Å². The Bertz CT molecular complexity index is 1230. The van der Waals surface area contributed by atoms with Crippen LogP contribution in [0.1, 0.15) is 49.2 Å². The maximum absolute atomic E-state index is 13.1. The number of aryl methyl sites for hydroxylation is 2. The quantitative estimate of drug-likeness (QED) is 0.464. The fourth-order valence-corrected chi connectivity index (χ4v) is 4.54. The van der Waals surface area contributed by atoms with E-state index in [2.05, 4.69) is 28.7 Å². The van der Waals surface area contributed by atoms with Crippen LogP contribution in [0.15, 0.2) is 36.7 Å². The van der Waals surface area contributed by atoms with Gasteiger partial charge < -0.3 is 14.7 Å². The van der Waals surface area contributed by atoms with Crippen LogP contribution in [0, 0.1) is 25.1 Å². The van der Waals surface area contributed by atoms with E-state index in [-0.39, 0.29) is 17.7 Å². The van der Waals surface area contributed by atoms with Gasteiger partial charge in [0.1, 0.15) is 11.5 Å². The molecule has 0 saturated carbocycles. The molecule has 7 nitrogen and oxygen atoms in total. The van der Waals surface area contributed by atoms with Crippen molar-refractivity contribution < 1.29 is 19.0 Å². The van der Waals surface area contributed by atoms with Gasteiger partial charge in [0.15, 0.2) is 0 Å². The van der Waals surface area contributed by atoms with Crippen molar-refractivity contribution >= 4 is 11.7 Å². The van der Waals surface area contributed by atoms with Crippen LogP contribution in [-0.2, 0) is 17.6 Å². The molecular formula is C28H33FN4O3. The van der Waals surface area contributed by atoms with E-state index in [0.29, 0.717) is 36.0 Å². The van der Waals surface area contributed by atoms with Gasteiger partial charge >= 0.3 is 5.97 Å². The number of hydrogen-bond acceptors (Lipinski definition) is 6. The van der Waals surface area contributed by atoms with Crippen molar-refractivity contribution in [3.05, 3.63) is 65.0 Å². The number of hydrogen-bond donors (Lipinski definition) is 1. The van der Waals surface area contributed by atoms with E-state index in [4.69, 9.17) is 9.72 Å². The van der Waals surface area contributed by atoms with E-state index < -0.39 is 5.97 Å². The summed E-state index contributed by atoms with van der Waals surface area (Å²) in [6.07, 6.45) is 6.00. The number of rotatable bonds is 8. The van der Waals surface area contributed by atoms with Crippen LogP contribution in [0.2, 0.25) is 0 Å². The first kappa shape index (κ1) is 25.5. The highest BCUT2D eigenvalue weighted by Gasteiger charge is 2.29. The van der Waals surface area contributed by atoms with E-state index in [9.17, 15) is 14.3 Å². The van der Waals surface area contributed by atoms with Gasteiger partial charge in [-0.2, -0.15) is 0 Å². The minimum Gasteiger partial charge on any atom is -0.481 e. The standard InChI is InChI=1S/C28H33FN4O3/c1-18-22(15-25(34)35)26(33-12-10-28(3,4)11-13-33)23(16-30-18)24-17-31-27(19(2)32-24)36-14-9-20-5-7-21(29)8-6-20/h5-8,16-17H,9-15H2,1-4H3,(H,34,35). The molecule has 2 aromatic heterocycles. The number of ether oxygens (including phenoxy) is 1. The molecule has 0 bridgehead atoms. The molecule has 0 aliphatic carbocycles. The number of aromatic nitrogens is 3. The number of benzene rings is 1. The third-order valence-corrected chi connectivity index (χ3v) is 6.85. The van der Waals surface area contributed by atoms with E-state index in [0.717, 1.165) is 48.3 Å². The Kier molecular flexibility index (Phi) is 7.52. The molecule has 3 aromatic rings. The van der Waals surface area contributed by atoms with Crippen LogP contribution in [0.5, 0.6) is 5.88 Å². The van der Waals surface area contributed by atoms with Crippen molar-refractivity contribution in [2.75, 3.05) is 24.6 Å². The van der Waals surface area contributed by atoms with Crippen LogP contribution in [0.4, 0.5) is 10.1 Å². The number of pyridine rings is 1. The average molecular weight is 493 g/mol. The third kappa shape index (κ3) is 5.98. The summed E-state index contributed by atoms with van der Waals surface area (Å²) in [5, 5.41) is 9.61. The van der Waals surface area contributed by atoms with Gasteiger partial charge in [0.05, 0.1) is 30.6 Å². The molecule has 1 aromatic carbocycles. The lowest BCUT2D eigenvalue weighted by Crippen LogP contribution is -2.38. The molecule has 0 spiro atoms. The monoisotopic (exact) mass is 492 g/mol. The second kappa shape index (κ2) is 10.6. The SMILES string of the molecule is Cc1nc(-c2cnc(C)c(CC(=O)O)c2N2CCC(C)(C)CC2)cnc1OCCc1ccc(F)cc1. The van der Waals surface area contributed by atoms with Gasteiger partial charge in [0.2, 0.25) is 5.88 Å². The van der Waals surface area contributed by atoms with Crippen molar-refractivity contribution in [2.45, 2.75) is 53.4 Å². The Balaban J connectivity index is 1.61. The summed E-state index contributed by atoms with van der Waals surface area (Å²) in [5.74, 6) is -0.711. The van der Waals surface area contributed by atoms with Crippen molar-refractivity contribution in [1.82, 2.24) is 15.0 Å². The lowest BCUT2D eigenvalue weighted by atomic mass is 9.82. The van der Waals surface area contributed by atoms with Gasteiger partial charge in [-0.3, -0.25) is 9.78 Å². The Morgan fingerprint density at radius 2 is 1.78 bits per heavy atom. The van der Waals surface area contributed by atoms with Crippen LogP contribution in [0.3, 0.4) is 0 Å². The summed E-state index contributed by atoms with van der Waals surface area (Å²) >= 11 is 0. The first-order chi connectivity index (χ1) is 17.1. The van der Waals surface area contributed by atoms with E-state index in [1.54, 1.807) is 24.5 Å². The average Bonchev–Trinajstić information content (AvgIpc) is 2.82. The molecule has 0 atom stereocenters. The number of carbonyl (C=O) groups is 1. The zero-order valence-electron chi connectivity index (χ0n) is 21.3. The number of piperidine rings is 1. The maximum atomic E-state index is 13.1. The topological polar surface area (TPSA) is 88.4 Å². The fourth-order valence-electron chi connectivity index (χ4n) is 4.54. The van der Waals surface area contributed by atoms with Gasteiger partial charge in [-0.25, -0.2) is 14.4 Å². The number of nitrogens with zero attached hydrogens (tertiary/aromatic N) is 4. The van der Waals surface area contributed by atoms with Gasteiger partial charge in [0, 0.05) is 42.5 Å². The zero-order valence-corrected chi connectivity index (χ0v) is 21.3. The van der Waals surface area contributed by atoms with Gasteiger partial charge in [-0.1, -0.05) is 26.0 Å². The smallest absolute Gasteiger partial charge is 0.307 e. The van der Waals surface area contributed by atoms with Gasteiger partial charge in [-0.05, 0) is 49.8 Å². The minimum absolute atomic E-state index is 0.0983. The number of anilines is 1. The Labute approximate surface area is 211 Å². The molecule has 1 N–H and O–H groups in total. The molecule has 190 valence electrons. The molecule has 1 aliphatic heterocycles. The molecular weight excluding hydrogens is 459 g/mol. The van der Waals surface area contributed by atoms with Crippen LogP contribution in [-0.4, -0.2) is 45.7 Å². The van der Waals surface area contributed by atoms with Crippen molar-refractivity contribution in [2.24, 2.45) is 5.41 Å². The zero-order chi connectivity index (χ0) is 25.9. The molecule has 3 heterocycles. The first-order valence-electron chi connectivity index (χ1n) is 12.3. The molecule has 0 amide bonds. The molecule has 0 radical (unpaired) electrons. The highest BCUT2D eigenvalue weighted by molar-refractivity contribution is 5.83. The highest BCUT2D eigenvalue weighted by Crippen LogP contribution is 2.39. The molecule has 1 saturated heterocycles. The highest BCUT2D eigenvalue weighted by atomic mass is 19.1. The summed E-state index contributed by atoms with van der Waals surface area (Å²) in [4.78, 5) is 27.8. The Hall–Kier alpha value is -3.55. The molecule has 1 aliphatic rings. The lowest BCUT2D eigenvalue weighted by Gasteiger charge is -2.40. The van der Waals surface area contributed by atoms with Gasteiger partial charge in [0.25, 0.3) is 0 Å². The molecule has 1 fully saturated rings. The van der Waals surface area contributed by atoms with E-state index in [1.807, 2.05) is 13.8 Å². The second-order valence-corrected chi connectivity index (χ2v) is 10.2. The van der Waals surface area contributed by atoms with Crippen LogP contribution >= 0.6 is 0 Å². The second-order valence-electron chi connectivity index (χ2n) is 10.2. The summed E-state index contributed by atoms with van der Waals surface area (Å²) in [5.41, 5.74) is 5.61. The fraction of sp³-hybridized carbons (Fsp3) is 0.429. The molecule has 0 unspecified atom stereocenters. The van der Waals surface area contributed by atoms with Crippen LogP contribution in [0.25, 0.3) is 11.3 Å². The molecule has 4 rings (SSSR count). The summed E-state index contributed by atoms with van der Waals surface area (Å²) in [7, 11) is 0. The van der Waals surface area contributed by atoms with E-state index >= 15 is 0 Å². The number of carboxylic acid groups (broad SMARTS) is 1. The number of carboxylic acids is 1. The normalized spacial score (nSPS) is 15.1. The maximum Gasteiger partial charge on any atom is 0.307 e. The predicted octanol–water partition coefficient (Wildman–Crippen LogP) is 5.17. The first-order valence-corrected chi connectivity index (χ1v) is 12.3. The minimum atomic E-state index is -0.886. The van der Waals surface area contributed by atoms with Crippen molar-refractivity contribution in [3.63, 3.8) is 0 Å². The number of aliphatic carboxylic acids is 1. The largest absolute Gasteiger partial charge is 0.481 e. The number of halogens is 1. The van der Waals surface area contributed by atoms with Crippen LogP contribution < -0.4 is 9.64 Å². The summed E-state index contributed by atoms with van der Waals surface area (Å²) in [6, 6.07) is 6.35. The lowest BCUT2D eigenvalue weighted by molar-refractivity contribution is -0.136. The van der Waals surface area contributed by atoms with E-state index in [1.165, 1.54) is 12.1 Å². The Morgan fingerprint density at radius 1 is 1.08 bits per heavy atom. The van der Waals surface area contributed by atoms with Gasteiger partial charge in [-0.15, -0.1) is 0 Å². The molecule has 8 heteroatoms.